The molecule has 0 saturated carbocycles. The largest absolute Gasteiger partial charge is 0.352 e. The van der Waals surface area contributed by atoms with Gasteiger partial charge in [-0.05, 0) is 65.9 Å². The van der Waals surface area contributed by atoms with E-state index in [1.165, 1.54) is 5.56 Å². The molecule has 1 aliphatic heterocycles. The van der Waals surface area contributed by atoms with Gasteiger partial charge in [-0.2, -0.15) is 4.31 Å². The number of hydrogen-bond acceptors (Lipinski definition) is 5. The minimum atomic E-state index is -3.46. The maximum absolute atomic E-state index is 12.8. The normalized spacial score (nSPS) is 15.4. The van der Waals surface area contributed by atoms with Crippen molar-refractivity contribution in [3.63, 3.8) is 0 Å². The lowest BCUT2D eigenvalue weighted by molar-refractivity contribution is 0.383. The lowest BCUT2D eigenvalue weighted by Gasteiger charge is -2.34. The average molecular weight is 520 g/mol. The van der Waals surface area contributed by atoms with E-state index < -0.39 is 10.0 Å². The molecule has 8 heteroatoms. The standard InChI is InChI=1S/C21H21IN4O2S/c1-16-2-4-17(5-3-16)20-10-11-21(24-23-20)25-12-14-26(15-13-25)29(27,28)19-8-6-18(22)7-9-19/h2-11H,12-15H2,1H3. The highest BCUT2D eigenvalue weighted by molar-refractivity contribution is 14.1. The summed E-state index contributed by atoms with van der Waals surface area (Å²) in [7, 11) is -3.46. The highest BCUT2D eigenvalue weighted by atomic mass is 127. The maximum Gasteiger partial charge on any atom is 0.243 e. The number of aromatic nitrogens is 2. The van der Waals surface area contributed by atoms with Gasteiger partial charge in [0.05, 0.1) is 10.6 Å². The molecule has 0 bridgehead atoms. The fourth-order valence-corrected chi connectivity index (χ4v) is 5.07. The summed E-state index contributed by atoms with van der Waals surface area (Å²) in [5.74, 6) is 0.771. The summed E-state index contributed by atoms with van der Waals surface area (Å²) in [6.45, 7) is 4.08. The molecule has 0 spiro atoms. The third-order valence-electron chi connectivity index (χ3n) is 5.01. The zero-order chi connectivity index (χ0) is 20.4. The second-order valence-corrected chi connectivity index (χ2v) is 10.2. The third kappa shape index (κ3) is 4.44. The van der Waals surface area contributed by atoms with Crippen LogP contribution in [-0.2, 0) is 10.0 Å². The topological polar surface area (TPSA) is 66.4 Å². The van der Waals surface area contributed by atoms with Crippen LogP contribution in [0.3, 0.4) is 0 Å². The van der Waals surface area contributed by atoms with Crippen LogP contribution < -0.4 is 4.90 Å². The number of rotatable bonds is 4. The fourth-order valence-electron chi connectivity index (χ4n) is 3.29. The number of anilines is 1. The molecule has 1 aromatic heterocycles. The van der Waals surface area contributed by atoms with Crippen molar-refractivity contribution in [1.82, 2.24) is 14.5 Å². The summed E-state index contributed by atoms with van der Waals surface area (Å²) in [6.07, 6.45) is 0. The molecule has 29 heavy (non-hydrogen) atoms. The third-order valence-corrected chi connectivity index (χ3v) is 7.64. The number of aryl methyl sites for hydroxylation is 1. The van der Waals surface area contributed by atoms with Crippen molar-refractivity contribution in [2.45, 2.75) is 11.8 Å². The lowest BCUT2D eigenvalue weighted by Crippen LogP contribution is -2.49. The van der Waals surface area contributed by atoms with E-state index in [2.05, 4.69) is 56.7 Å². The minimum absolute atomic E-state index is 0.341. The van der Waals surface area contributed by atoms with Gasteiger partial charge in [0.2, 0.25) is 10.0 Å². The first kappa shape index (κ1) is 20.2. The number of benzene rings is 2. The predicted octanol–water partition coefficient (Wildman–Crippen LogP) is 3.57. The summed E-state index contributed by atoms with van der Waals surface area (Å²) in [5, 5.41) is 8.72. The molecule has 150 valence electrons. The van der Waals surface area contributed by atoms with Crippen LogP contribution in [0.5, 0.6) is 0 Å². The van der Waals surface area contributed by atoms with E-state index >= 15 is 0 Å². The Morgan fingerprint density at radius 2 is 1.48 bits per heavy atom. The molecule has 0 unspecified atom stereocenters. The Morgan fingerprint density at radius 3 is 2.07 bits per heavy atom. The van der Waals surface area contributed by atoms with Crippen molar-refractivity contribution >= 4 is 38.4 Å². The first-order chi connectivity index (χ1) is 13.9. The van der Waals surface area contributed by atoms with Gasteiger partial charge in [0.25, 0.3) is 0 Å². The molecule has 0 amide bonds. The zero-order valence-corrected chi connectivity index (χ0v) is 19.0. The number of nitrogens with zero attached hydrogens (tertiary/aromatic N) is 4. The van der Waals surface area contributed by atoms with Gasteiger partial charge in [0.1, 0.15) is 0 Å². The van der Waals surface area contributed by atoms with Crippen LogP contribution in [-0.4, -0.2) is 49.1 Å². The minimum Gasteiger partial charge on any atom is -0.352 e. The Bertz CT molecular complexity index is 1080. The second kappa shape index (κ2) is 8.37. The first-order valence-corrected chi connectivity index (χ1v) is 11.9. The Balaban J connectivity index is 1.43. The van der Waals surface area contributed by atoms with Crippen molar-refractivity contribution in [3.8, 4) is 11.3 Å². The molecule has 1 aliphatic rings. The number of hydrogen-bond donors (Lipinski definition) is 0. The van der Waals surface area contributed by atoms with Crippen molar-refractivity contribution in [2.75, 3.05) is 31.1 Å². The van der Waals surface area contributed by atoms with Crippen LogP contribution in [0.2, 0.25) is 0 Å². The quantitative estimate of drug-likeness (QED) is 0.493. The molecule has 0 radical (unpaired) electrons. The molecule has 6 nitrogen and oxygen atoms in total. The van der Waals surface area contributed by atoms with E-state index in [0.717, 1.165) is 20.6 Å². The number of halogens is 1. The average Bonchev–Trinajstić information content (AvgIpc) is 2.75. The molecule has 4 rings (SSSR count). The van der Waals surface area contributed by atoms with E-state index in [-0.39, 0.29) is 0 Å². The molecule has 0 aliphatic carbocycles. The van der Waals surface area contributed by atoms with Crippen molar-refractivity contribution in [2.24, 2.45) is 0 Å². The molecule has 2 heterocycles. The smallest absolute Gasteiger partial charge is 0.243 e. The Hall–Kier alpha value is -2.04. The predicted molar refractivity (Wildman–Crippen MR) is 122 cm³/mol. The van der Waals surface area contributed by atoms with Gasteiger partial charge in [0, 0.05) is 35.3 Å². The highest BCUT2D eigenvalue weighted by Gasteiger charge is 2.29. The van der Waals surface area contributed by atoms with Gasteiger partial charge in [-0.1, -0.05) is 29.8 Å². The van der Waals surface area contributed by atoms with Crippen LogP contribution >= 0.6 is 22.6 Å². The maximum atomic E-state index is 12.8. The second-order valence-electron chi connectivity index (χ2n) is 6.99. The van der Waals surface area contributed by atoms with Crippen LogP contribution in [0.25, 0.3) is 11.3 Å². The van der Waals surface area contributed by atoms with E-state index in [9.17, 15) is 8.42 Å². The van der Waals surface area contributed by atoms with Gasteiger partial charge >= 0.3 is 0 Å². The molecule has 2 aromatic carbocycles. The molecular weight excluding hydrogens is 499 g/mol. The van der Waals surface area contributed by atoms with Crippen LogP contribution in [0, 0.1) is 10.5 Å². The summed E-state index contributed by atoms with van der Waals surface area (Å²) in [4.78, 5) is 2.42. The summed E-state index contributed by atoms with van der Waals surface area (Å²) in [6, 6.07) is 19.0. The number of piperazine rings is 1. The van der Waals surface area contributed by atoms with Crippen LogP contribution in [0.1, 0.15) is 5.56 Å². The van der Waals surface area contributed by atoms with Crippen molar-refractivity contribution < 1.29 is 8.42 Å². The SMILES string of the molecule is Cc1ccc(-c2ccc(N3CCN(S(=O)(=O)c4ccc(I)cc4)CC3)nn2)cc1. The Labute approximate surface area is 184 Å². The van der Waals surface area contributed by atoms with Crippen molar-refractivity contribution in [1.29, 1.82) is 0 Å². The molecule has 0 atom stereocenters. The Kier molecular flexibility index (Phi) is 5.84. The van der Waals surface area contributed by atoms with Gasteiger partial charge in [-0.15, -0.1) is 10.2 Å². The lowest BCUT2D eigenvalue weighted by atomic mass is 10.1. The molecular formula is C21H21IN4O2S. The van der Waals surface area contributed by atoms with Gasteiger partial charge in [0.15, 0.2) is 5.82 Å². The van der Waals surface area contributed by atoms with Gasteiger partial charge < -0.3 is 4.90 Å². The van der Waals surface area contributed by atoms with E-state index in [1.54, 1.807) is 16.4 Å². The molecule has 1 fully saturated rings. The van der Waals surface area contributed by atoms with Gasteiger partial charge in [-0.25, -0.2) is 8.42 Å². The Morgan fingerprint density at radius 1 is 0.828 bits per heavy atom. The van der Waals surface area contributed by atoms with E-state index in [1.807, 2.05) is 36.4 Å². The van der Waals surface area contributed by atoms with E-state index in [4.69, 9.17) is 0 Å². The molecule has 0 N–H and O–H groups in total. The monoisotopic (exact) mass is 520 g/mol. The molecule has 3 aromatic rings. The van der Waals surface area contributed by atoms with Crippen LogP contribution in [0.15, 0.2) is 65.6 Å². The van der Waals surface area contributed by atoms with Crippen molar-refractivity contribution in [3.05, 3.63) is 69.8 Å². The van der Waals surface area contributed by atoms with Crippen LogP contribution in [0.4, 0.5) is 5.82 Å². The number of sulfonamides is 1. The first-order valence-electron chi connectivity index (χ1n) is 9.35. The summed E-state index contributed by atoms with van der Waals surface area (Å²) >= 11 is 2.17. The summed E-state index contributed by atoms with van der Waals surface area (Å²) < 4.78 is 28.2. The fraction of sp³-hybridized carbons (Fsp3) is 0.238. The summed E-state index contributed by atoms with van der Waals surface area (Å²) in [5.41, 5.74) is 3.06. The zero-order valence-electron chi connectivity index (χ0n) is 16.0. The van der Waals surface area contributed by atoms with E-state index in [0.29, 0.717) is 31.1 Å². The highest BCUT2D eigenvalue weighted by Crippen LogP contribution is 2.22. The molecule has 1 saturated heterocycles. The van der Waals surface area contributed by atoms with Gasteiger partial charge in [-0.3, -0.25) is 0 Å².